The molecule has 0 aromatic heterocycles. The summed E-state index contributed by atoms with van der Waals surface area (Å²) in [6.07, 6.45) is 2.94. The highest BCUT2D eigenvalue weighted by Gasteiger charge is 2.49. The molecule has 0 saturated carbocycles. The first-order chi connectivity index (χ1) is 19.5. The summed E-state index contributed by atoms with van der Waals surface area (Å²) in [6, 6.07) is 13.9. The lowest BCUT2D eigenvalue weighted by atomic mass is 9.93. The summed E-state index contributed by atoms with van der Waals surface area (Å²) in [6.45, 7) is 4.26. The van der Waals surface area contributed by atoms with Gasteiger partial charge in [0.1, 0.15) is 12.4 Å². The van der Waals surface area contributed by atoms with Crippen LogP contribution in [0.4, 0.5) is 0 Å². The molecule has 2 aromatic rings. The number of rotatable bonds is 7. The standard InChI is InChI=1S/C23H26ClNO3.C6H8O7/c24-18-9-10-22-21(13-18)23(20-8-4-3-7-17(20)15-26-22)27-16-19(28-23)14-25-11-5-1-2-6-12-25;7-3(8)1-6(13,5(11)12)2-4(9)10/h3-4,7-10,13,19H,1-2,5-6,11-12,14-16H2;13H,1-2H2,(H,7,8)(H,9,10)(H,11,12). The maximum Gasteiger partial charge on any atom is 0.336 e. The Hall–Kier alpha value is -3.22. The van der Waals surface area contributed by atoms with Crippen molar-refractivity contribution in [2.24, 2.45) is 0 Å². The largest absolute Gasteiger partial charge is 0.488 e. The highest BCUT2D eigenvalue weighted by atomic mass is 35.5. The smallest absolute Gasteiger partial charge is 0.336 e. The first-order valence-electron chi connectivity index (χ1n) is 13.5. The lowest BCUT2D eigenvalue weighted by Gasteiger charge is -2.30. The minimum absolute atomic E-state index is 0.0242. The van der Waals surface area contributed by atoms with Gasteiger partial charge in [-0.1, -0.05) is 48.7 Å². The number of halogens is 1. The number of carboxylic acid groups (broad SMARTS) is 3. The molecule has 3 heterocycles. The van der Waals surface area contributed by atoms with Crippen molar-refractivity contribution in [3.63, 3.8) is 0 Å². The summed E-state index contributed by atoms with van der Waals surface area (Å²) in [5.41, 5.74) is 0.237. The van der Waals surface area contributed by atoms with Crippen LogP contribution in [0.3, 0.4) is 0 Å². The Morgan fingerprint density at radius 1 is 0.951 bits per heavy atom. The predicted molar refractivity (Wildman–Crippen MR) is 146 cm³/mol. The van der Waals surface area contributed by atoms with Crippen LogP contribution in [0.15, 0.2) is 42.5 Å². The maximum absolute atomic E-state index is 10.3. The minimum Gasteiger partial charge on any atom is -0.488 e. The van der Waals surface area contributed by atoms with Crippen molar-refractivity contribution < 1.29 is 49.0 Å². The molecule has 12 heteroatoms. The highest BCUT2D eigenvalue weighted by molar-refractivity contribution is 6.30. The van der Waals surface area contributed by atoms with E-state index in [0.717, 1.165) is 42.1 Å². The molecule has 0 bridgehead atoms. The number of aliphatic carboxylic acids is 3. The molecule has 41 heavy (non-hydrogen) atoms. The quantitative estimate of drug-likeness (QED) is 0.373. The van der Waals surface area contributed by atoms with Gasteiger partial charge in [0, 0.05) is 17.1 Å². The van der Waals surface area contributed by atoms with Crippen LogP contribution in [-0.2, 0) is 36.3 Å². The lowest BCUT2D eigenvalue weighted by molar-refractivity contribution is -0.170. The van der Waals surface area contributed by atoms with Gasteiger partial charge in [-0.2, -0.15) is 0 Å². The van der Waals surface area contributed by atoms with E-state index in [1.807, 2.05) is 30.3 Å². The number of carboxylic acids is 3. The van der Waals surface area contributed by atoms with Gasteiger partial charge in [-0.3, -0.25) is 9.59 Å². The van der Waals surface area contributed by atoms with Crippen molar-refractivity contribution in [2.45, 2.75) is 62.6 Å². The molecule has 1 spiro atoms. The summed E-state index contributed by atoms with van der Waals surface area (Å²) in [5.74, 6) is -5.20. The summed E-state index contributed by atoms with van der Waals surface area (Å²) >= 11 is 6.35. The Morgan fingerprint density at radius 3 is 2.24 bits per heavy atom. The number of likely N-dealkylation sites (tertiary alicyclic amines) is 1. The fraction of sp³-hybridized carbons (Fsp3) is 0.483. The van der Waals surface area contributed by atoms with Crippen molar-refractivity contribution in [3.8, 4) is 5.75 Å². The van der Waals surface area contributed by atoms with Crippen LogP contribution in [-0.4, -0.2) is 81.2 Å². The van der Waals surface area contributed by atoms with E-state index < -0.39 is 42.1 Å². The Kier molecular flexibility index (Phi) is 9.88. The van der Waals surface area contributed by atoms with Crippen LogP contribution in [0, 0.1) is 0 Å². The Morgan fingerprint density at radius 2 is 1.61 bits per heavy atom. The first-order valence-corrected chi connectivity index (χ1v) is 13.8. The van der Waals surface area contributed by atoms with E-state index in [1.54, 1.807) is 0 Å². The second kappa shape index (κ2) is 13.2. The molecule has 3 aliphatic heterocycles. The zero-order chi connectivity index (χ0) is 29.6. The van der Waals surface area contributed by atoms with Gasteiger partial charge in [-0.15, -0.1) is 0 Å². The van der Waals surface area contributed by atoms with Crippen molar-refractivity contribution in [1.82, 2.24) is 4.90 Å². The highest BCUT2D eigenvalue weighted by Crippen LogP contribution is 2.48. The van der Waals surface area contributed by atoms with Crippen molar-refractivity contribution in [1.29, 1.82) is 0 Å². The number of carbonyl (C=O) groups is 3. The van der Waals surface area contributed by atoms with E-state index in [9.17, 15) is 14.4 Å². The molecule has 2 unspecified atom stereocenters. The Labute approximate surface area is 242 Å². The number of fused-ring (bicyclic) bond motifs is 4. The van der Waals surface area contributed by atoms with Crippen LogP contribution in [0.25, 0.3) is 0 Å². The average Bonchev–Trinajstić information content (AvgIpc) is 3.08. The van der Waals surface area contributed by atoms with E-state index in [2.05, 4.69) is 17.0 Å². The summed E-state index contributed by atoms with van der Waals surface area (Å²) in [7, 11) is 0. The molecule has 11 nitrogen and oxygen atoms in total. The molecule has 2 aromatic carbocycles. The number of benzene rings is 2. The van der Waals surface area contributed by atoms with Gasteiger partial charge in [0.05, 0.1) is 31.1 Å². The van der Waals surface area contributed by atoms with Crippen molar-refractivity contribution in [2.75, 3.05) is 26.2 Å². The van der Waals surface area contributed by atoms with Crippen LogP contribution in [0.1, 0.15) is 55.2 Å². The molecular formula is C29H34ClNO10. The molecule has 0 radical (unpaired) electrons. The molecule has 3 aliphatic rings. The van der Waals surface area contributed by atoms with Gasteiger partial charge in [0.25, 0.3) is 0 Å². The number of aliphatic hydroxyl groups is 1. The second-order valence-electron chi connectivity index (χ2n) is 10.4. The third kappa shape index (κ3) is 7.35. The van der Waals surface area contributed by atoms with Crippen LogP contribution in [0.2, 0.25) is 5.02 Å². The monoisotopic (exact) mass is 591 g/mol. The van der Waals surface area contributed by atoms with Crippen LogP contribution < -0.4 is 4.74 Å². The second-order valence-corrected chi connectivity index (χ2v) is 10.9. The number of ether oxygens (including phenoxy) is 3. The zero-order valence-electron chi connectivity index (χ0n) is 22.5. The number of hydrogen-bond acceptors (Lipinski definition) is 8. The number of hydrogen-bond donors (Lipinski definition) is 4. The molecule has 0 aliphatic carbocycles. The molecule has 2 saturated heterocycles. The van der Waals surface area contributed by atoms with Gasteiger partial charge in [0.15, 0.2) is 5.60 Å². The topological polar surface area (TPSA) is 163 Å². The lowest BCUT2D eigenvalue weighted by Crippen LogP contribution is -2.42. The summed E-state index contributed by atoms with van der Waals surface area (Å²) < 4.78 is 19.3. The third-order valence-electron chi connectivity index (χ3n) is 7.30. The molecule has 222 valence electrons. The van der Waals surface area contributed by atoms with Crippen molar-refractivity contribution >= 4 is 29.5 Å². The fourth-order valence-electron chi connectivity index (χ4n) is 5.36. The molecule has 2 fully saturated rings. The third-order valence-corrected chi connectivity index (χ3v) is 7.54. The minimum atomic E-state index is -2.74. The molecule has 2 atom stereocenters. The SMILES string of the molecule is Clc1ccc2c(c1)C1(OCC(CN3CCCCCC3)O1)c1ccccc1CO2.O=C(O)CC(O)(CC(=O)O)C(=O)O. The first kappa shape index (κ1) is 30.7. The molecule has 0 amide bonds. The van der Waals surface area contributed by atoms with E-state index in [0.29, 0.717) is 18.2 Å². The van der Waals surface area contributed by atoms with E-state index in [1.165, 1.54) is 25.7 Å². The molecule has 4 N–H and O–H groups in total. The number of nitrogens with zero attached hydrogens (tertiary/aromatic N) is 1. The van der Waals surface area contributed by atoms with Crippen LogP contribution in [0.5, 0.6) is 5.75 Å². The normalized spacial score (nSPS) is 22.2. The maximum atomic E-state index is 10.3. The van der Waals surface area contributed by atoms with Crippen molar-refractivity contribution in [3.05, 3.63) is 64.2 Å². The Balaban J connectivity index is 0.000000254. The fourth-order valence-corrected chi connectivity index (χ4v) is 5.53. The van der Waals surface area contributed by atoms with Crippen LogP contribution >= 0.6 is 11.6 Å². The van der Waals surface area contributed by atoms with E-state index >= 15 is 0 Å². The Bertz CT molecular complexity index is 1250. The molecular weight excluding hydrogens is 558 g/mol. The van der Waals surface area contributed by atoms with E-state index in [-0.39, 0.29) is 6.10 Å². The summed E-state index contributed by atoms with van der Waals surface area (Å²) in [5, 5.41) is 34.5. The zero-order valence-corrected chi connectivity index (χ0v) is 23.2. The van der Waals surface area contributed by atoms with Gasteiger partial charge < -0.3 is 39.5 Å². The van der Waals surface area contributed by atoms with Gasteiger partial charge in [0.2, 0.25) is 5.79 Å². The average molecular weight is 592 g/mol. The van der Waals surface area contributed by atoms with Gasteiger partial charge >= 0.3 is 17.9 Å². The van der Waals surface area contributed by atoms with E-state index in [4.69, 9.17) is 46.2 Å². The predicted octanol–water partition coefficient (Wildman–Crippen LogP) is 3.48. The molecule has 5 rings (SSSR count). The van der Waals surface area contributed by atoms with Gasteiger partial charge in [-0.25, -0.2) is 4.79 Å². The van der Waals surface area contributed by atoms with Gasteiger partial charge in [-0.05, 0) is 49.7 Å². The summed E-state index contributed by atoms with van der Waals surface area (Å²) in [4.78, 5) is 33.0.